The van der Waals surface area contributed by atoms with Gasteiger partial charge in [0.1, 0.15) is 0 Å². The van der Waals surface area contributed by atoms with Crippen LogP contribution in [0.5, 0.6) is 0 Å². The molecule has 1 N–H and O–H groups in total. The molecule has 0 bridgehead atoms. The van der Waals surface area contributed by atoms with Crippen LogP contribution in [-0.2, 0) is 20.0 Å². The quantitative estimate of drug-likeness (QED) is 0.663. The lowest BCUT2D eigenvalue weighted by Crippen LogP contribution is -2.01. The lowest BCUT2D eigenvalue weighted by molar-refractivity contribution is -0.385. The van der Waals surface area contributed by atoms with E-state index in [1.54, 1.807) is 6.07 Å². The predicted octanol–water partition coefficient (Wildman–Crippen LogP) is 3.11. The minimum absolute atomic E-state index is 0.181. The number of nitro groups is 1. The van der Waals surface area contributed by atoms with Gasteiger partial charge >= 0.3 is 0 Å². The molecular weight excluding hydrogens is 242 g/mol. The zero-order valence-electron chi connectivity index (χ0n) is 11.1. The average Bonchev–Trinajstić information content (AvgIpc) is 2.81. The van der Waals surface area contributed by atoms with Gasteiger partial charge in [-0.1, -0.05) is 13.0 Å². The summed E-state index contributed by atoms with van der Waals surface area (Å²) in [5.41, 5.74) is 2.85. The van der Waals surface area contributed by atoms with E-state index < -0.39 is 0 Å². The highest BCUT2D eigenvalue weighted by Crippen LogP contribution is 2.24. The summed E-state index contributed by atoms with van der Waals surface area (Å²) < 4.78 is 1.97. The van der Waals surface area contributed by atoms with Crippen LogP contribution in [0, 0.1) is 10.1 Å². The topological polar surface area (TPSA) is 60.1 Å². The van der Waals surface area contributed by atoms with Gasteiger partial charge in [-0.3, -0.25) is 10.1 Å². The number of nitrogens with one attached hydrogen (secondary N) is 1. The van der Waals surface area contributed by atoms with Gasteiger partial charge < -0.3 is 9.88 Å². The summed E-state index contributed by atoms with van der Waals surface area (Å²) in [6, 6.07) is 7.31. The normalized spacial score (nSPS) is 10.4. The first-order valence-corrected chi connectivity index (χ1v) is 6.22. The highest BCUT2D eigenvalue weighted by atomic mass is 16.6. The maximum atomic E-state index is 11.0. The SMILES string of the molecule is CCc1ccc(NCc2ccn(C)c2)cc1[N+](=O)[O-]. The van der Waals surface area contributed by atoms with Crippen LogP contribution in [0.25, 0.3) is 0 Å². The molecule has 1 aromatic carbocycles. The molecule has 5 heteroatoms. The van der Waals surface area contributed by atoms with E-state index in [-0.39, 0.29) is 10.6 Å². The molecule has 0 radical (unpaired) electrons. The van der Waals surface area contributed by atoms with Crippen LogP contribution in [-0.4, -0.2) is 9.49 Å². The molecule has 0 saturated heterocycles. The first kappa shape index (κ1) is 13.1. The van der Waals surface area contributed by atoms with Crippen molar-refractivity contribution >= 4 is 11.4 Å². The van der Waals surface area contributed by atoms with Gasteiger partial charge in [0.2, 0.25) is 0 Å². The van der Waals surface area contributed by atoms with E-state index in [0.717, 1.165) is 16.8 Å². The third-order valence-corrected chi connectivity index (χ3v) is 3.05. The second-order valence-electron chi connectivity index (χ2n) is 4.49. The average molecular weight is 259 g/mol. The minimum atomic E-state index is -0.327. The highest BCUT2D eigenvalue weighted by molar-refractivity contribution is 5.55. The summed E-state index contributed by atoms with van der Waals surface area (Å²) >= 11 is 0. The highest BCUT2D eigenvalue weighted by Gasteiger charge is 2.12. The Morgan fingerprint density at radius 2 is 2.16 bits per heavy atom. The maximum absolute atomic E-state index is 11.0. The first-order chi connectivity index (χ1) is 9.10. The van der Waals surface area contributed by atoms with Gasteiger partial charge in [-0.15, -0.1) is 0 Å². The molecule has 0 amide bonds. The summed E-state index contributed by atoms with van der Waals surface area (Å²) in [5.74, 6) is 0. The summed E-state index contributed by atoms with van der Waals surface area (Å²) in [5, 5.41) is 14.2. The Balaban J connectivity index is 2.12. The summed E-state index contributed by atoms with van der Waals surface area (Å²) in [6.07, 6.45) is 4.65. The zero-order chi connectivity index (χ0) is 13.8. The maximum Gasteiger partial charge on any atom is 0.274 e. The molecule has 2 aromatic rings. The third kappa shape index (κ3) is 3.13. The lowest BCUT2D eigenvalue weighted by Gasteiger charge is -2.07. The van der Waals surface area contributed by atoms with Crippen LogP contribution in [0.4, 0.5) is 11.4 Å². The number of aromatic nitrogens is 1. The van der Waals surface area contributed by atoms with E-state index in [1.165, 1.54) is 0 Å². The Bertz CT molecular complexity index is 590. The fourth-order valence-corrected chi connectivity index (χ4v) is 2.01. The van der Waals surface area contributed by atoms with Crippen LogP contribution in [0.2, 0.25) is 0 Å². The number of nitro benzene ring substituents is 1. The molecule has 100 valence electrons. The van der Waals surface area contributed by atoms with E-state index in [4.69, 9.17) is 0 Å². The van der Waals surface area contributed by atoms with Crippen molar-refractivity contribution < 1.29 is 4.92 Å². The smallest absolute Gasteiger partial charge is 0.274 e. The molecule has 0 atom stereocenters. The third-order valence-electron chi connectivity index (χ3n) is 3.05. The van der Waals surface area contributed by atoms with Gasteiger partial charge in [0.15, 0.2) is 0 Å². The van der Waals surface area contributed by atoms with E-state index in [1.807, 2.05) is 49.1 Å². The number of aryl methyl sites for hydroxylation is 2. The molecule has 2 rings (SSSR count). The minimum Gasteiger partial charge on any atom is -0.381 e. The van der Waals surface area contributed by atoms with E-state index in [0.29, 0.717) is 13.0 Å². The number of nitrogens with zero attached hydrogens (tertiary/aromatic N) is 2. The van der Waals surface area contributed by atoms with Crippen LogP contribution in [0.3, 0.4) is 0 Å². The molecule has 0 spiro atoms. The van der Waals surface area contributed by atoms with E-state index in [2.05, 4.69) is 5.32 Å². The van der Waals surface area contributed by atoms with Gasteiger partial charge in [-0.25, -0.2) is 0 Å². The van der Waals surface area contributed by atoms with E-state index in [9.17, 15) is 10.1 Å². The monoisotopic (exact) mass is 259 g/mol. The number of anilines is 1. The molecule has 0 unspecified atom stereocenters. The number of hydrogen-bond donors (Lipinski definition) is 1. The molecule has 1 heterocycles. The van der Waals surface area contributed by atoms with Crippen LogP contribution < -0.4 is 5.32 Å². The number of rotatable bonds is 5. The second kappa shape index (κ2) is 5.56. The summed E-state index contributed by atoms with van der Waals surface area (Å²) in [6.45, 7) is 2.57. The fourth-order valence-electron chi connectivity index (χ4n) is 2.01. The molecule has 0 fully saturated rings. The number of hydrogen-bond acceptors (Lipinski definition) is 3. The Labute approximate surface area is 112 Å². The molecule has 0 aliphatic carbocycles. The summed E-state index contributed by atoms with van der Waals surface area (Å²) in [7, 11) is 1.96. The molecule has 5 nitrogen and oxygen atoms in total. The second-order valence-corrected chi connectivity index (χ2v) is 4.49. The van der Waals surface area contributed by atoms with Crippen molar-refractivity contribution in [1.82, 2.24) is 4.57 Å². The standard InChI is InChI=1S/C14H17N3O2/c1-3-12-4-5-13(8-14(12)17(18)19)15-9-11-6-7-16(2)10-11/h4-8,10,15H,3,9H2,1-2H3. The van der Waals surface area contributed by atoms with Crippen molar-refractivity contribution in [3.63, 3.8) is 0 Å². The van der Waals surface area contributed by atoms with Crippen LogP contribution >= 0.6 is 0 Å². The largest absolute Gasteiger partial charge is 0.381 e. The summed E-state index contributed by atoms with van der Waals surface area (Å²) in [4.78, 5) is 10.7. The fraction of sp³-hybridized carbons (Fsp3) is 0.286. The van der Waals surface area contributed by atoms with Gasteiger partial charge in [0, 0.05) is 43.3 Å². The molecule has 0 aliphatic rings. The van der Waals surface area contributed by atoms with Crippen molar-refractivity contribution in [3.8, 4) is 0 Å². The predicted molar refractivity (Wildman–Crippen MR) is 75.2 cm³/mol. The van der Waals surface area contributed by atoms with Crippen molar-refractivity contribution in [2.75, 3.05) is 5.32 Å². The van der Waals surface area contributed by atoms with Crippen LogP contribution in [0.15, 0.2) is 36.7 Å². The molecular formula is C14H17N3O2. The van der Waals surface area contributed by atoms with Crippen molar-refractivity contribution in [2.24, 2.45) is 7.05 Å². The number of benzene rings is 1. The van der Waals surface area contributed by atoms with Gasteiger partial charge in [-0.05, 0) is 24.1 Å². The van der Waals surface area contributed by atoms with Crippen molar-refractivity contribution in [1.29, 1.82) is 0 Å². The van der Waals surface area contributed by atoms with Crippen LogP contribution in [0.1, 0.15) is 18.1 Å². The Morgan fingerprint density at radius 1 is 1.37 bits per heavy atom. The van der Waals surface area contributed by atoms with E-state index >= 15 is 0 Å². The lowest BCUT2D eigenvalue weighted by atomic mass is 10.1. The molecule has 0 aliphatic heterocycles. The zero-order valence-corrected chi connectivity index (χ0v) is 11.1. The Kier molecular flexibility index (Phi) is 3.85. The van der Waals surface area contributed by atoms with Gasteiger partial charge in [0.05, 0.1) is 4.92 Å². The Hall–Kier alpha value is -2.30. The van der Waals surface area contributed by atoms with Crippen molar-refractivity contribution in [3.05, 3.63) is 57.9 Å². The van der Waals surface area contributed by atoms with Crippen molar-refractivity contribution in [2.45, 2.75) is 19.9 Å². The molecule has 0 saturated carbocycles. The van der Waals surface area contributed by atoms with Gasteiger partial charge in [0.25, 0.3) is 5.69 Å². The molecule has 19 heavy (non-hydrogen) atoms. The first-order valence-electron chi connectivity index (χ1n) is 6.22. The Morgan fingerprint density at radius 3 is 2.74 bits per heavy atom. The van der Waals surface area contributed by atoms with Gasteiger partial charge in [-0.2, -0.15) is 0 Å². The molecule has 1 aromatic heterocycles.